The molecule has 0 aliphatic heterocycles. The number of aryl methyl sites for hydroxylation is 2. The molecule has 5 nitrogen and oxygen atoms in total. The normalized spacial score (nSPS) is 11.2. The second kappa shape index (κ2) is 5.41. The van der Waals surface area contributed by atoms with Crippen LogP contribution in [0.25, 0.3) is 11.4 Å². The number of nitrogens with zero attached hydrogens (tertiary/aromatic N) is 4. The quantitative estimate of drug-likeness (QED) is 0.691. The van der Waals surface area contributed by atoms with Gasteiger partial charge in [-0.1, -0.05) is 11.8 Å². The van der Waals surface area contributed by atoms with Crippen LogP contribution in [0.3, 0.4) is 0 Å². The maximum atomic E-state index is 5.32. The summed E-state index contributed by atoms with van der Waals surface area (Å²) in [6.45, 7) is 3.94. The molecule has 0 saturated heterocycles. The van der Waals surface area contributed by atoms with E-state index in [4.69, 9.17) is 4.42 Å². The topological polar surface area (TPSA) is 56.7 Å². The van der Waals surface area contributed by atoms with Crippen LogP contribution in [0.5, 0.6) is 0 Å². The molecule has 3 aromatic heterocycles. The van der Waals surface area contributed by atoms with Crippen LogP contribution in [0, 0.1) is 13.8 Å². The van der Waals surface area contributed by atoms with E-state index < -0.39 is 0 Å². The van der Waals surface area contributed by atoms with E-state index in [1.165, 1.54) is 0 Å². The number of furan rings is 1. The fourth-order valence-electron chi connectivity index (χ4n) is 1.91. The summed E-state index contributed by atoms with van der Waals surface area (Å²) < 4.78 is 7.31. The Labute approximate surface area is 125 Å². The van der Waals surface area contributed by atoms with Gasteiger partial charge in [-0.2, -0.15) is 0 Å². The third kappa shape index (κ3) is 2.51. The van der Waals surface area contributed by atoms with Gasteiger partial charge in [-0.25, -0.2) is 4.98 Å². The summed E-state index contributed by atoms with van der Waals surface area (Å²) in [5.41, 5.74) is 2.07. The molecule has 0 spiro atoms. The molecule has 0 atom stereocenters. The average Bonchev–Trinajstić information content (AvgIpc) is 3.10. The van der Waals surface area contributed by atoms with Crippen molar-refractivity contribution in [1.29, 1.82) is 0 Å². The van der Waals surface area contributed by atoms with Gasteiger partial charge in [-0.05, 0) is 19.9 Å². The van der Waals surface area contributed by atoms with Gasteiger partial charge in [0, 0.05) is 18.2 Å². The first kappa shape index (κ1) is 13.4. The lowest BCUT2D eigenvalue weighted by molar-refractivity contribution is 0.534. The molecule has 3 rings (SSSR count). The van der Waals surface area contributed by atoms with Gasteiger partial charge in [-0.3, -0.25) is 0 Å². The maximum Gasteiger partial charge on any atom is 0.191 e. The highest BCUT2D eigenvalue weighted by atomic mass is 32.2. The largest absolute Gasteiger partial charge is 0.469 e. The van der Waals surface area contributed by atoms with Gasteiger partial charge >= 0.3 is 0 Å². The molecule has 0 fully saturated rings. The minimum Gasteiger partial charge on any atom is -0.469 e. The standard InChI is InChI=1S/C13H14N4OS2/c1-8-11(4-5-18-8)12-15-16-13(17(12)3)20-7-10-6-19-9(2)14-10/h4-6H,7H2,1-3H3. The van der Waals surface area contributed by atoms with Gasteiger partial charge in [0.1, 0.15) is 5.76 Å². The molecular formula is C13H14N4OS2. The summed E-state index contributed by atoms with van der Waals surface area (Å²) in [6, 6.07) is 1.91. The molecule has 0 N–H and O–H groups in total. The van der Waals surface area contributed by atoms with Crippen LogP contribution in [0.15, 0.2) is 27.3 Å². The summed E-state index contributed by atoms with van der Waals surface area (Å²) in [7, 11) is 1.97. The Hall–Kier alpha value is -1.60. The summed E-state index contributed by atoms with van der Waals surface area (Å²) in [5, 5.41) is 12.6. The summed E-state index contributed by atoms with van der Waals surface area (Å²) in [5.74, 6) is 2.49. The zero-order valence-corrected chi connectivity index (χ0v) is 13.1. The third-order valence-electron chi connectivity index (χ3n) is 2.95. The van der Waals surface area contributed by atoms with Gasteiger partial charge in [-0.15, -0.1) is 21.5 Å². The Balaban J connectivity index is 1.79. The van der Waals surface area contributed by atoms with Crippen LogP contribution in [0.2, 0.25) is 0 Å². The van der Waals surface area contributed by atoms with Crippen molar-refractivity contribution >= 4 is 23.1 Å². The van der Waals surface area contributed by atoms with E-state index >= 15 is 0 Å². The van der Waals surface area contributed by atoms with E-state index in [9.17, 15) is 0 Å². The van der Waals surface area contributed by atoms with Crippen LogP contribution >= 0.6 is 23.1 Å². The van der Waals surface area contributed by atoms with E-state index in [-0.39, 0.29) is 0 Å². The summed E-state index contributed by atoms with van der Waals surface area (Å²) in [6.07, 6.45) is 1.67. The zero-order chi connectivity index (χ0) is 14.1. The predicted molar refractivity (Wildman–Crippen MR) is 79.9 cm³/mol. The molecule has 0 aliphatic carbocycles. The van der Waals surface area contributed by atoms with Gasteiger partial charge in [0.2, 0.25) is 0 Å². The molecule has 0 radical (unpaired) electrons. The maximum absolute atomic E-state index is 5.32. The zero-order valence-electron chi connectivity index (χ0n) is 11.5. The highest BCUT2D eigenvalue weighted by Crippen LogP contribution is 2.27. The molecule has 0 aromatic carbocycles. The Bertz CT molecular complexity index is 728. The van der Waals surface area contributed by atoms with Crippen LogP contribution in [0.1, 0.15) is 16.5 Å². The molecule has 3 heterocycles. The average molecular weight is 306 g/mol. The molecule has 0 unspecified atom stereocenters. The minimum absolute atomic E-state index is 0.806. The van der Waals surface area contributed by atoms with Crippen molar-refractivity contribution in [3.8, 4) is 11.4 Å². The number of thiazole rings is 1. The lowest BCUT2D eigenvalue weighted by Gasteiger charge is -2.02. The fourth-order valence-corrected chi connectivity index (χ4v) is 3.43. The molecule has 0 bridgehead atoms. The highest BCUT2D eigenvalue weighted by Gasteiger charge is 2.15. The molecule has 0 amide bonds. The van der Waals surface area contributed by atoms with Crippen LogP contribution in [-0.2, 0) is 12.8 Å². The lowest BCUT2D eigenvalue weighted by Crippen LogP contribution is -1.95. The fraction of sp³-hybridized carbons (Fsp3) is 0.308. The van der Waals surface area contributed by atoms with E-state index in [2.05, 4.69) is 20.6 Å². The molecule has 104 valence electrons. The monoisotopic (exact) mass is 306 g/mol. The lowest BCUT2D eigenvalue weighted by atomic mass is 10.2. The minimum atomic E-state index is 0.806. The van der Waals surface area contributed by atoms with Gasteiger partial charge in [0.25, 0.3) is 0 Å². The van der Waals surface area contributed by atoms with Gasteiger partial charge in [0.15, 0.2) is 11.0 Å². The Morgan fingerprint density at radius 2 is 2.20 bits per heavy atom. The first-order chi connectivity index (χ1) is 9.65. The second-order valence-corrected chi connectivity index (χ2v) is 6.41. The number of aromatic nitrogens is 4. The third-order valence-corrected chi connectivity index (χ3v) is 4.83. The number of rotatable bonds is 4. The first-order valence-electron chi connectivity index (χ1n) is 6.13. The Kier molecular flexibility index (Phi) is 3.62. The van der Waals surface area contributed by atoms with Crippen molar-refractivity contribution in [2.45, 2.75) is 24.8 Å². The Morgan fingerprint density at radius 3 is 2.85 bits per heavy atom. The van der Waals surface area contributed by atoms with E-state index in [1.807, 2.05) is 31.5 Å². The molecule has 0 saturated carbocycles. The van der Waals surface area contributed by atoms with Crippen LogP contribution in [0.4, 0.5) is 0 Å². The molecule has 7 heteroatoms. The van der Waals surface area contributed by atoms with Crippen molar-refractivity contribution in [3.05, 3.63) is 34.2 Å². The smallest absolute Gasteiger partial charge is 0.191 e. The molecular weight excluding hydrogens is 292 g/mol. The van der Waals surface area contributed by atoms with E-state index in [1.54, 1.807) is 29.4 Å². The number of thioether (sulfide) groups is 1. The van der Waals surface area contributed by atoms with Crippen molar-refractivity contribution < 1.29 is 4.42 Å². The Morgan fingerprint density at radius 1 is 1.35 bits per heavy atom. The van der Waals surface area contributed by atoms with Crippen molar-refractivity contribution in [3.63, 3.8) is 0 Å². The SMILES string of the molecule is Cc1nc(CSc2nnc(-c3ccoc3C)n2C)cs1. The summed E-state index contributed by atoms with van der Waals surface area (Å²) >= 11 is 3.31. The molecule has 20 heavy (non-hydrogen) atoms. The van der Waals surface area contributed by atoms with E-state index in [0.717, 1.165) is 38.8 Å². The number of hydrogen-bond acceptors (Lipinski definition) is 6. The van der Waals surface area contributed by atoms with Gasteiger partial charge < -0.3 is 8.98 Å². The van der Waals surface area contributed by atoms with Crippen LogP contribution in [-0.4, -0.2) is 19.7 Å². The van der Waals surface area contributed by atoms with Crippen molar-refractivity contribution in [2.24, 2.45) is 7.05 Å². The first-order valence-corrected chi connectivity index (χ1v) is 7.99. The van der Waals surface area contributed by atoms with Crippen molar-refractivity contribution in [2.75, 3.05) is 0 Å². The second-order valence-electron chi connectivity index (χ2n) is 4.40. The molecule has 0 aliphatic rings. The van der Waals surface area contributed by atoms with Crippen molar-refractivity contribution in [1.82, 2.24) is 19.7 Å². The number of hydrogen-bond donors (Lipinski definition) is 0. The summed E-state index contributed by atoms with van der Waals surface area (Å²) in [4.78, 5) is 4.45. The highest BCUT2D eigenvalue weighted by molar-refractivity contribution is 7.98. The predicted octanol–water partition coefficient (Wildman–Crippen LogP) is 3.44. The van der Waals surface area contributed by atoms with Gasteiger partial charge in [0.05, 0.1) is 22.5 Å². The molecule has 3 aromatic rings. The van der Waals surface area contributed by atoms with E-state index in [0.29, 0.717) is 0 Å². The van der Waals surface area contributed by atoms with Crippen LogP contribution < -0.4 is 0 Å².